The zero-order valence-corrected chi connectivity index (χ0v) is 11.7. The van der Waals surface area contributed by atoms with Crippen molar-refractivity contribution in [3.05, 3.63) is 41.7 Å². The summed E-state index contributed by atoms with van der Waals surface area (Å²) in [5.41, 5.74) is 3.03. The van der Waals surface area contributed by atoms with Crippen LogP contribution in [0.4, 0.5) is 0 Å². The van der Waals surface area contributed by atoms with Gasteiger partial charge >= 0.3 is 0 Å². The highest BCUT2D eigenvalue weighted by Gasteiger charge is 2.38. The van der Waals surface area contributed by atoms with Crippen LogP contribution in [0.2, 0.25) is 0 Å². The molecule has 4 rings (SSSR count). The van der Waals surface area contributed by atoms with Gasteiger partial charge in [-0.15, -0.1) is 0 Å². The van der Waals surface area contributed by atoms with Crippen LogP contribution in [-0.2, 0) is 0 Å². The number of hydrogen-bond acceptors (Lipinski definition) is 2. The van der Waals surface area contributed by atoms with E-state index in [0.717, 1.165) is 29.9 Å². The van der Waals surface area contributed by atoms with E-state index in [-0.39, 0.29) is 5.91 Å². The number of nitrogens with one attached hydrogen (secondary N) is 1. The van der Waals surface area contributed by atoms with Crippen molar-refractivity contribution in [2.24, 2.45) is 5.92 Å². The molecule has 20 heavy (non-hydrogen) atoms. The van der Waals surface area contributed by atoms with Gasteiger partial charge < -0.3 is 14.6 Å². The summed E-state index contributed by atoms with van der Waals surface area (Å²) in [6.45, 7) is 5.42. The van der Waals surface area contributed by atoms with Gasteiger partial charge in [-0.2, -0.15) is 0 Å². The molecule has 0 aliphatic carbocycles. The molecule has 0 radical (unpaired) electrons. The molecule has 0 aromatic carbocycles. The van der Waals surface area contributed by atoms with Gasteiger partial charge in [0.15, 0.2) is 0 Å². The average molecular weight is 269 g/mol. The highest BCUT2D eigenvalue weighted by Crippen LogP contribution is 2.27. The second-order valence-electron chi connectivity index (χ2n) is 6.08. The highest BCUT2D eigenvalue weighted by atomic mass is 16.1. The zero-order chi connectivity index (χ0) is 13.7. The highest BCUT2D eigenvalue weighted by molar-refractivity contribution is 5.94. The van der Waals surface area contributed by atoms with Crippen LogP contribution in [0.25, 0.3) is 5.52 Å². The molecule has 104 valence electrons. The van der Waals surface area contributed by atoms with Crippen LogP contribution in [-0.4, -0.2) is 40.9 Å². The average Bonchev–Trinajstić information content (AvgIpc) is 3.15. The number of carbonyl (C=O) groups excluding carboxylic acids is 1. The summed E-state index contributed by atoms with van der Waals surface area (Å²) in [7, 11) is 0. The Morgan fingerprint density at radius 3 is 2.85 bits per heavy atom. The normalized spacial score (nSPS) is 28.1. The van der Waals surface area contributed by atoms with Crippen LogP contribution in [0, 0.1) is 12.8 Å². The van der Waals surface area contributed by atoms with E-state index in [1.54, 1.807) is 0 Å². The number of amides is 1. The fourth-order valence-corrected chi connectivity index (χ4v) is 3.57. The number of rotatable bonds is 2. The molecule has 2 fully saturated rings. The maximum Gasteiger partial charge on any atom is 0.253 e. The molecule has 4 nitrogen and oxygen atoms in total. The molecule has 1 amide bonds. The first-order chi connectivity index (χ1) is 9.70. The molecule has 4 heterocycles. The summed E-state index contributed by atoms with van der Waals surface area (Å²) in [5.74, 6) is 0.703. The Hall–Kier alpha value is -1.81. The van der Waals surface area contributed by atoms with E-state index in [9.17, 15) is 4.79 Å². The van der Waals surface area contributed by atoms with Crippen molar-refractivity contribution in [1.29, 1.82) is 0 Å². The Kier molecular flexibility index (Phi) is 2.60. The van der Waals surface area contributed by atoms with Crippen molar-refractivity contribution in [3.8, 4) is 0 Å². The fourth-order valence-electron chi connectivity index (χ4n) is 3.57. The Morgan fingerprint density at radius 1 is 1.25 bits per heavy atom. The summed E-state index contributed by atoms with van der Waals surface area (Å²) in [4.78, 5) is 14.9. The largest absolute Gasteiger partial charge is 0.348 e. The van der Waals surface area contributed by atoms with Crippen LogP contribution in [0.3, 0.4) is 0 Å². The van der Waals surface area contributed by atoms with E-state index < -0.39 is 0 Å². The van der Waals surface area contributed by atoms with Crippen molar-refractivity contribution in [1.82, 2.24) is 14.6 Å². The molecule has 1 N–H and O–H groups in total. The molecular weight excluding hydrogens is 250 g/mol. The summed E-state index contributed by atoms with van der Waals surface area (Å²) in [6.07, 6.45) is 3.16. The van der Waals surface area contributed by atoms with Gasteiger partial charge in [-0.3, -0.25) is 4.79 Å². The molecule has 2 aromatic heterocycles. The van der Waals surface area contributed by atoms with Gasteiger partial charge in [-0.1, -0.05) is 0 Å². The number of aromatic nitrogens is 1. The van der Waals surface area contributed by atoms with Crippen molar-refractivity contribution in [2.75, 3.05) is 19.6 Å². The fraction of sp³-hybridized carbons (Fsp3) is 0.438. The van der Waals surface area contributed by atoms with Crippen molar-refractivity contribution in [3.63, 3.8) is 0 Å². The SMILES string of the molecule is Cc1ccc2ccc(C(=O)NC3CN4CC[C@H]3C4)cn12. The molecule has 0 saturated carbocycles. The number of nitrogens with zero attached hydrogens (tertiary/aromatic N) is 2. The topological polar surface area (TPSA) is 36.8 Å². The van der Waals surface area contributed by atoms with E-state index >= 15 is 0 Å². The smallest absolute Gasteiger partial charge is 0.253 e. The number of aryl methyl sites for hydroxylation is 1. The standard InChI is InChI=1S/C16H19N3O/c1-11-2-4-14-5-3-13(9-19(11)14)16(20)17-15-10-18-7-6-12(15)8-18/h2-5,9,12,15H,6-8,10H2,1H3,(H,17,20)/t12-,15?/m0/s1. The van der Waals surface area contributed by atoms with Crippen molar-refractivity contribution >= 4 is 11.4 Å². The van der Waals surface area contributed by atoms with Crippen LogP contribution in [0.15, 0.2) is 30.5 Å². The molecule has 2 unspecified atom stereocenters. The van der Waals surface area contributed by atoms with E-state index in [2.05, 4.69) is 33.7 Å². The predicted octanol–water partition coefficient (Wildman–Crippen LogP) is 1.68. The molecule has 4 heteroatoms. The Morgan fingerprint density at radius 2 is 2.10 bits per heavy atom. The van der Waals surface area contributed by atoms with Gasteiger partial charge in [0, 0.05) is 36.5 Å². The first kappa shape index (κ1) is 12.0. The van der Waals surface area contributed by atoms with Crippen LogP contribution >= 0.6 is 0 Å². The van der Waals surface area contributed by atoms with Crippen LogP contribution < -0.4 is 5.32 Å². The van der Waals surface area contributed by atoms with E-state index in [4.69, 9.17) is 0 Å². The lowest BCUT2D eigenvalue weighted by Crippen LogP contribution is -2.43. The van der Waals surface area contributed by atoms with E-state index in [0.29, 0.717) is 12.0 Å². The van der Waals surface area contributed by atoms with E-state index in [1.165, 1.54) is 13.0 Å². The van der Waals surface area contributed by atoms with Crippen LogP contribution in [0.5, 0.6) is 0 Å². The lowest BCUT2D eigenvalue weighted by molar-refractivity contribution is 0.0924. The minimum absolute atomic E-state index is 0.0544. The third-order valence-corrected chi connectivity index (χ3v) is 4.77. The molecule has 2 bridgehead atoms. The maximum absolute atomic E-state index is 12.4. The minimum atomic E-state index is 0.0544. The molecular formula is C16H19N3O. The summed E-state index contributed by atoms with van der Waals surface area (Å²) < 4.78 is 2.07. The van der Waals surface area contributed by atoms with Gasteiger partial charge in [0.25, 0.3) is 5.91 Å². The number of pyridine rings is 1. The second-order valence-corrected chi connectivity index (χ2v) is 6.08. The number of fused-ring (bicyclic) bond motifs is 3. The summed E-state index contributed by atoms with van der Waals surface area (Å²) in [5, 5.41) is 3.21. The molecule has 0 spiro atoms. The second kappa shape index (κ2) is 4.35. The number of piperidine rings is 1. The third-order valence-electron chi connectivity index (χ3n) is 4.77. The Balaban J connectivity index is 1.56. The lowest BCUT2D eigenvalue weighted by atomic mass is 10.00. The quantitative estimate of drug-likeness (QED) is 0.900. The Labute approximate surface area is 118 Å². The van der Waals surface area contributed by atoms with Crippen molar-refractivity contribution < 1.29 is 4.79 Å². The maximum atomic E-state index is 12.4. The molecule has 2 aliphatic heterocycles. The lowest BCUT2D eigenvalue weighted by Gasteiger charge is -2.23. The van der Waals surface area contributed by atoms with Crippen LogP contribution in [0.1, 0.15) is 22.5 Å². The van der Waals surface area contributed by atoms with E-state index in [1.807, 2.05) is 18.3 Å². The molecule has 2 aromatic rings. The summed E-state index contributed by atoms with van der Waals surface area (Å²) in [6, 6.07) is 8.39. The zero-order valence-electron chi connectivity index (χ0n) is 11.7. The Bertz CT molecular complexity index is 675. The van der Waals surface area contributed by atoms with Gasteiger partial charge in [0.05, 0.1) is 5.56 Å². The predicted molar refractivity (Wildman–Crippen MR) is 77.9 cm³/mol. The van der Waals surface area contributed by atoms with Gasteiger partial charge in [-0.25, -0.2) is 0 Å². The van der Waals surface area contributed by atoms with Crippen molar-refractivity contribution in [2.45, 2.75) is 19.4 Å². The number of hydrogen-bond donors (Lipinski definition) is 1. The first-order valence-corrected chi connectivity index (χ1v) is 7.32. The summed E-state index contributed by atoms with van der Waals surface area (Å²) >= 11 is 0. The third kappa shape index (κ3) is 1.83. The van der Waals surface area contributed by atoms with Gasteiger partial charge in [0.2, 0.25) is 0 Å². The molecule has 2 saturated heterocycles. The first-order valence-electron chi connectivity index (χ1n) is 7.32. The van der Waals surface area contributed by atoms with Gasteiger partial charge in [0.1, 0.15) is 0 Å². The van der Waals surface area contributed by atoms with Gasteiger partial charge in [-0.05, 0) is 50.1 Å². The molecule has 2 aliphatic rings. The number of carbonyl (C=O) groups is 1. The minimum Gasteiger partial charge on any atom is -0.348 e. The molecule has 3 atom stereocenters. The monoisotopic (exact) mass is 269 g/mol.